The number of ether oxygens (including phenoxy) is 1. The third-order valence-corrected chi connectivity index (χ3v) is 4.36. The number of benzene rings is 3. The van der Waals surface area contributed by atoms with E-state index in [4.69, 9.17) is 15.3 Å². The Kier molecular flexibility index (Phi) is 7.34. The first kappa shape index (κ1) is 21.8. The van der Waals surface area contributed by atoms with Crippen molar-refractivity contribution in [3.63, 3.8) is 0 Å². The molecule has 156 valence electrons. The molecule has 0 atom stereocenters. The van der Waals surface area contributed by atoms with Gasteiger partial charge in [0.1, 0.15) is 5.75 Å². The molecule has 2 amide bonds. The van der Waals surface area contributed by atoms with Crippen LogP contribution in [0.1, 0.15) is 16.7 Å². The molecule has 0 aliphatic carbocycles. The summed E-state index contributed by atoms with van der Waals surface area (Å²) in [4.78, 5) is 23.7. The Labute approximate surface area is 185 Å². The van der Waals surface area contributed by atoms with E-state index in [1.807, 2.05) is 30.3 Å². The van der Waals surface area contributed by atoms with Crippen LogP contribution in [0, 0.1) is 22.7 Å². The van der Waals surface area contributed by atoms with E-state index in [2.05, 4.69) is 16.9 Å². The summed E-state index contributed by atoms with van der Waals surface area (Å²) in [7, 11) is 0. The summed E-state index contributed by atoms with van der Waals surface area (Å²) >= 11 is 0. The molecule has 0 aromatic heterocycles. The lowest BCUT2D eigenvalue weighted by Gasteiger charge is -2.08. The lowest BCUT2D eigenvalue weighted by atomic mass is 10.0. The molecule has 3 aromatic rings. The van der Waals surface area contributed by atoms with Gasteiger partial charge < -0.3 is 4.74 Å². The highest BCUT2D eigenvalue weighted by atomic mass is 16.5. The standard InChI is InChI=1S/C25H18N4O3/c26-15-19-3-1-18(2-4-19)7-14-24(30)28-29-25(31)17-32-23-12-10-22(11-13-23)21-8-5-20(16-27)6-9-21/h1-14H,17H2,(H,28,30)(H,29,31)/b14-7+. The monoisotopic (exact) mass is 422 g/mol. The normalized spacial score (nSPS) is 10.1. The molecule has 7 nitrogen and oxygen atoms in total. The van der Waals surface area contributed by atoms with Gasteiger partial charge in [-0.1, -0.05) is 36.4 Å². The molecule has 0 aliphatic rings. The zero-order valence-electron chi connectivity index (χ0n) is 16.9. The van der Waals surface area contributed by atoms with E-state index in [9.17, 15) is 9.59 Å². The van der Waals surface area contributed by atoms with Crippen LogP contribution < -0.4 is 15.6 Å². The van der Waals surface area contributed by atoms with Gasteiger partial charge in [0.05, 0.1) is 23.3 Å². The Balaban J connectivity index is 1.43. The largest absolute Gasteiger partial charge is 0.484 e. The minimum Gasteiger partial charge on any atom is -0.484 e. The van der Waals surface area contributed by atoms with Crippen molar-refractivity contribution in [2.24, 2.45) is 0 Å². The summed E-state index contributed by atoms with van der Waals surface area (Å²) in [5.74, 6) is -0.514. The fourth-order valence-corrected chi connectivity index (χ4v) is 2.68. The fourth-order valence-electron chi connectivity index (χ4n) is 2.68. The number of nitrogens with one attached hydrogen (secondary N) is 2. The Morgan fingerprint density at radius 3 is 1.88 bits per heavy atom. The molecule has 0 aliphatic heterocycles. The molecule has 0 unspecified atom stereocenters. The number of nitrogens with zero attached hydrogens (tertiary/aromatic N) is 2. The second kappa shape index (κ2) is 10.8. The molecular weight excluding hydrogens is 404 g/mol. The molecule has 0 saturated heterocycles. The van der Waals surface area contributed by atoms with Gasteiger partial charge in [-0.2, -0.15) is 10.5 Å². The summed E-state index contributed by atoms with van der Waals surface area (Å²) in [5, 5.41) is 17.6. The molecule has 32 heavy (non-hydrogen) atoms. The second-order valence-electron chi connectivity index (χ2n) is 6.61. The number of hydrazine groups is 1. The van der Waals surface area contributed by atoms with Crippen molar-refractivity contribution in [1.29, 1.82) is 10.5 Å². The lowest BCUT2D eigenvalue weighted by molar-refractivity contribution is -0.128. The molecule has 0 spiro atoms. The number of rotatable bonds is 6. The highest BCUT2D eigenvalue weighted by Gasteiger charge is 2.05. The fraction of sp³-hybridized carbons (Fsp3) is 0.0400. The molecule has 0 heterocycles. The van der Waals surface area contributed by atoms with E-state index in [-0.39, 0.29) is 6.61 Å². The highest BCUT2D eigenvalue weighted by molar-refractivity contribution is 5.93. The van der Waals surface area contributed by atoms with Crippen LogP contribution in [0.25, 0.3) is 17.2 Å². The van der Waals surface area contributed by atoms with Gasteiger partial charge in [-0.15, -0.1) is 0 Å². The van der Waals surface area contributed by atoms with E-state index in [1.54, 1.807) is 54.6 Å². The number of carbonyl (C=O) groups is 2. The first-order chi connectivity index (χ1) is 15.6. The third kappa shape index (κ3) is 6.31. The molecule has 7 heteroatoms. The van der Waals surface area contributed by atoms with Crippen LogP contribution in [0.15, 0.2) is 78.9 Å². The van der Waals surface area contributed by atoms with Gasteiger partial charge in [0.25, 0.3) is 11.8 Å². The van der Waals surface area contributed by atoms with E-state index in [1.165, 1.54) is 6.08 Å². The van der Waals surface area contributed by atoms with Crippen LogP contribution in [0.3, 0.4) is 0 Å². The molecule has 0 saturated carbocycles. The Bertz CT molecular complexity index is 1200. The summed E-state index contributed by atoms with van der Waals surface area (Å²) in [5.41, 5.74) is 8.33. The molecule has 0 radical (unpaired) electrons. The summed E-state index contributed by atoms with van der Waals surface area (Å²) in [6, 6.07) is 25.2. The van der Waals surface area contributed by atoms with Crippen LogP contribution in [0.2, 0.25) is 0 Å². The third-order valence-electron chi connectivity index (χ3n) is 4.36. The number of carbonyl (C=O) groups excluding carboxylic acids is 2. The first-order valence-corrected chi connectivity index (χ1v) is 9.58. The molecular formula is C25H18N4O3. The average molecular weight is 422 g/mol. The van der Waals surface area contributed by atoms with Gasteiger partial charge >= 0.3 is 0 Å². The SMILES string of the molecule is N#Cc1ccc(/C=C/C(=O)NNC(=O)COc2ccc(-c3ccc(C#N)cc3)cc2)cc1. The van der Waals surface area contributed by atoms with Crippen molar-refractivity contribution in [2.75, 3.05) is 6.61 Å². The molecule has 3 aromatic carbocycles. The van der Waals surface area contributed by atoms with Gasteiger partial charge in [0.2, 0.25) is 0 Å². The predicted octanol–water partition coefficient (Wildman–Crippen LogP) is 3.34. The van der Waals surface area contributed by atoms with Crippen LogP contribution in [0.5, 0.6) is 5.75 Å². The molecule has 2 N–H and O–H groups in total. The first-order valence-electron chi connectivity index (χ1n) is 9.58. The maximum atomic E-state index is 11.9. The minimum absolute atomic E-state index is 0.268. The van der Waals surface area contributed by atoms with Crippen molar-refractivity contribution in [3.05, 3.63) is 95.6 Å². The number of nitriles is 2. The highest BCUT2D eigenvalue weighted by Crippen LogP contribution is 2.22. The van der Waals surface area contributed by atoms with E-state index < -0.39 is 11.8 Å². The predicted molar refractivity (Wildman–Crippen MR) is 119 cm³/mol. The van der Waals surface area contributed by atoms with Crippen LogP contribution in [-0.4, -0.2) is 18.4 Å². The summed E-state index contributed by atoms with van der Waals surface area (Å²) in [6.45, 7) is -0.268. The Morgan fingerprint density at radius 1 is 0.781 bits per heavy atom. The van der Waals surface area contributed by atoms with Gasteiger partial charge in [-0.25, -0.2) is 0 Å². The molecule has 3 rings (SSSR count). The van der Waals surface area contributed by atoms with Gasteiger partial charge in [0, 0.05) is 6.08 Å². The summed E-state index contributed by atoms with van der Waals surface area (Å²) < 4.78 is 5.43. The van der Waals surface area contributed by atoms with Crippen LogP contribution in [0.4, 0.5) is 0 Å². The zero-order valence-corrected chi connectivity index (χ0v) is 16.9. The molecule has 0 fully saturated rings. The maximum absolute atomic E-state index is 11.9. The topological polar surface area (TPSA) is 115 Å². The van der Waals surface area contributed by atoms with Gasteiger partial charge in [0.15, 0.2) is 6.61 Å². The van der Waals surface area contributed by atoms with Crippen molar-refractivity contribution >= 4 is 17.9 Å². The van der Waals surface area contributed by atoms with E-state index in [0.717, 1.165) is 16.7 Å². The van der Waals surface area contributed by atoms with E-state index in [0.29, 0.717) is 16.9 Å². The van der Waals surface area contributed by atoms with E-state index >= 15 is 0 Å². The van der Waals surface area contributed by atoms with Crippen molar-refractivity contribution < 1.29 is 14.3 Å². The van der Waals surface area contributed by atoms with Crippen molar-refractivity contribution in [1.82, 2.24) is 10.9 Å². The molecule has 0 bridgehead atoms. The summed E-state index contributed by atoms with van der Waals surface area (Å²) in [6.07, 6.45) is 2.83. The average Bonchev–Trinajstić information content (AvgIpc) is 2.85. The van der Waals surface area contributed by atoms with Crippen LogP contribution in [-0.2, 0) is 9.59 Å². The van der Waals surface area contributed by atoms with Gasteiger partial charge in [-0.05, 0) is 59.2 Å². The minimum atomic E-state index is -0.513. The Hall–Kier alpha value is -4.88. The Morgan fingerprint density at radius 2 is 1.31 bits per heavy atom. The smallest absolute Gasteiger partial charge is 0.276 e. The van der Waals surface area contributed by atoms with Crippen LogP contribution >= 0.6 is 0 Å². The van der Waals surface area contributed by atoms with Crippen molar-refractivity contribution in [3.8, 4) is 29.0 Å². The van der Waals surface area contributed by atoms with Gasteiger partial charge in [-0.3, -0.25) is 20.4 Å². The quantitative estimate of drug-likeness (QED) is 0.467. The van der Waals surface area contributed by atoms with Crippen molar-refractivity contribution in [2.45, 2.75) is 0 Å². The maximum Gasteiger partial charge on any atom is 0.276 e. The number of amides is 2. The lowest BCUT2D eigenvalue weighted by Crippen LogP contribution is -2.43. The second-order valence-corrected chi connectivity index (χ2v) is 6.61. The number of hydrogen-bond donors (Lipinski definition) is 2. The zero-order chi connectivity index (χ0) is 22.8. The number of hydrogen-bond acceptors (Lipinski definition) is 5.